The normalized spacial score (nSPS) is 14.9. The first kappa shape index (κ1) is 25.5. The second-order valence-corrected chi connectivity index (χ2v) is 10.2. The highest BCUT2D eigenvalue weighted by Gasteiger charge is 2.33. The standard InChI is InChI=1S/C26H30N2O5S/c1-4-16-27(19-21-8-6-20(3)7-9-21)25(29)22-14-17-28(18-15-22)34(31,32)24-12-10-23(11-13-24)26(30)33-5-2/h1,6-13,22H,5,14-19H2,2-3H3. The molecule has 1 saturated heterocycles. The first-order valence-corrected chi connectivity index (χ1v) is 12.8. The SMILES string of the molecule is C#CCN(Cc1ccc(C)cc1)C(=O)C1CCN(S(=O)(=O)c2ccc(C(=O)OCC)cc2)CC1. The number of aryl methyl sites for hydroxylation is 1. The van der Waals surface area contributed by atoms with Crippen molar-refractivity contribution in [3.8, 4) is 12.3 Å². The summed E-state index contributed by atoms with van der Waals surface area (Å²) < 4.78 is 32.5. The second-order valence-electron chi connectivity index (χ2n) is 8.31. The maximum atomic E-state index is 13.2. The quantitative estimate of drug-likeness (QED) is 0.426. The van der Waals surface area contributed by atoms with Crippen molar-refractivity contribution in [3.63, 3.8) is 0 Å². The summed E-state index contributed by atoms with van der Waals surface area (Å²) in [5.74, 6) is 1.74. The fourth-order valence-corrected chi connectivity index (χ4v) is 5.43. The van der Waals surface area contributed by atoms with E-state index < -0.39 is 16.0 Å². The molecule has 0 radical (unpaired) electrons. The summed E-state index contributed by atoms with van der Waals surface area (Å²) in [6.07, 6.45) is 6.35. The van der Waals surface area contributed by atoms with Gasteiger partial charge < -0.3 is 9.64 Å². The van der Waals surface area contributed by atoms with E-state index >= 15 is 0 Å². The van der Waals surface area contributed by atoms with Gasteiger partial charge in [0.05, 0.1) is 23.6 Å². The number of esters is 1. The molecule has 2 aromatic rings. The molecule has 0 saturated carbocycles. The fraction of sp³-hybridized carbons (Fsp3) is 0.385. The van der Waals surface area contributed by atoms with Crippen LogP contribution in [0.1, 0.15) is 41.3 Å². The highest BCUT2D eigenvalue weighted by molar-refractivity contribution is 7.89. The first-order valence-electron chi connectivity index (χ1n) is 11.3. The van der Waals surface area contributed by atoms with Gasteiger partial charge in [-0.15, -0.1) is 6.42 Å². The van der Waals surface area contributed by atoms with Crippen LogP contribution < -0.4 is 0 Å². The number of nitrogens with zero attached hydrogens (tertiary/aromatic N) is 2. The molecule has 0 unspecified atom stereocenters. The molecule has 0 aliphatic carbocycles. The predicted octanol–water partition coefficient (Wildman–Crippen LogP) is 3.23. The fourth-order valence-electron chi connectivity index (χ4n) is 3.96. The number of terminal acetylenes is 1. The third kappa shape index (κ3) is 6.04. The first-order chi connectivity index (χ1) is 16.3. The van der Waals surface area contributed by atoms with Crippen LogP contribution in [0.15, 0.2) is 53.4 Å². The van der Waals surface area contributed by atoms with Crippen molar-refractivity contribution in [1.82, 2.24) is 9.21 Å². The number of hydrogen-bond acceptors (Lipinski definition) is 5. The van der Waals surface area contributed by atoms with Gasteiger partial charge in [-0.25, -0.2) is 13.2 Å². The third-order valence-electron chi connectivity index (χ3n) is 5.89. The number of ether oxygens (including phenoxy) is 1. The molecule has 1 amide bonds. The molecule has 2 aromatic carbocycles. The smallest absolute Gasteiger partial charge is 0.338 e. The Morgan fingerprint density at radius 3 is 2.26 bits per heavy atom. The molecule has 0 bridgehead atoms. The van der Waals surface area contributed by atoms with E-state index in [1.54, 1.807) is 11.8 Å². The Labute approximate surface area is 201 Å². The lowest BCUT2D eigenvalue weighted by Gasteiger charge is -2.33. The molecule has 0 atom stereocenters. The van der Waals surface area contributed by atoms with Crippen LogP contribution in [0.2, 0.25) is 0 Å². The van der Waals surface area contributed by atoms with Gasteiger partial charge >= 0.3 is 5.97 Å². The lowest BCUT2D eigenvalue weighted by molar-refractivity contribution is -0.136. The molecule has 8 heteroatoms. The molecule has 180 valence electrons. The minimum atomic E-state index is -3.73. The summed E-state index contributed by atoms with van der Waals surface area (Å²) in [5, 5.41) is 0. The molecule has 3 rings (SSSR count). The third-order valence-corrected chi connectivity index (χ3v) is 7.81. The van der Waals surface area contributed by atoms with Crippen molar-refractivity contribution in [2.45, 2.75) is 38.1 Å². The average molecular weight is 483 g/mol. The zero-order chi connectivity index (χ0) is 24.7. The molecular formula is C26H30N2O5S. The topological polar surface area (TPSA) is 84.0 Å². The number of carbonyl (C=O) groups is 2. The second kappa shape index (κ2) is 11.3. The van der Waals surface area contributed by atoms with Crippen LogP contribution in [0.25, 0.3) is 0 Å². The predicted molar refractivity (Wildman–Crippen MR) is 129 cm³/mol. The van der Waals surface area contributed by atoms with Crippen LogP contribution in [0.4, 0.5) is 0 Å². The van der Waals surface area contributed by atoms with E-state index in [9.17, 15) is 18.0 Å². The summed E-state index contributed by atoms with van der Waals surface area (Å²) in [7, 11) is -3.73. The van der Waals surface area contributed by atoms with Gasteiger partial charge in [0.25, 0.3) is 0 Å². The average Bonchev–Trinajstić information content (AvgIpc) is 2.85. The molecule has 0 spiro atoms. The highest BCUT2D eigenvalue weighted by Crippen LogP contribution is 2.26. The summed E-state index contributed by atoms with van der Waals surface area (Å²) in [6, 6.07) is 13.7. The maximum Gasteiger partial charge on any atom is 0.338 e. The Morgan fingerprint density at radius 1 is 1.09 bits per heavy atom. The molecule has 1 aliphatic rings. The summed E-state index contributed by atoms with van der Waals surface area (Å²) >= 11 is 0. The van der Waals surface area contributed by atoms with Gasteiger partial charge in [-0.2, -0.15) is 4.31 Å². The van der Waals surface area contributed by atoms with Gasteiger partial charge in [-0.05, 0) is 56.5 Å². The molecule has 7 nitrogen and oxygen atoms in total. The summed E-state index contributed by atoms with van der Waals surface area (Å²) in [4.78, 5) is 26.7. The van der Waals surface area contributed by atoms with Crippen LogP contribution in [0.5, 0.6) is 0 Å². The van der Waals surface area contributed by atoms with E-state index in [-0.39, 0.29) is 43.0 Å². The van der Waals surface area contributed by atoms with Crippen molar-refractivity contribution in [1.29, 1.82) is 0 Å². The van der Waals surface area contributed by atoms with Gasteiger partial charge in [0.15, 0.2) is 0 Å². The van der Waals surface area contributed by atoms with Gasteiger partial charge in [-0.3, -0.25) is 4.79 Å². The minimum absolute atomic E-state index is 0.0469. The van der Waals surface area contributed by atoms with Crippen LogP contribution >= 0.6 is 0 Å². The van der Waals surface area contributed by atoms with E-state index in [4.69, 9.17) is 11.2 Å². The number of sulfonamides is 1. The Kier molecular flexibility index (Phi) is 8.48. The zero-order valence-corrected chi connectivity index (χ0v) is 20.4. The molecule has 1 heterocycles. The lowest BCUT2D eigenvalue weighted by atomic mass is 9.96. The number of carbonyl (C=O) groups excluding carboxylic acids is 2. The Morgan fingerprint density at radius 2 is 1.71 bits per heavy atom. The van der Waals surface area contributed by atoms with Crippen molar-refractivity contribution >= 4 is 21.9 Å². The number of piperidine rings is 1. The Hall–Kier alpha value is -3.15. The number of benzene rings is 2. The minimum Gasteiger partial charge on any atom is -0.462 e. The van der Waals surface area contributed by atoms with Crippen LogP contribution in [-0.4, -0.2) is 55.7 Å². The molecule has 34 heavy (non-hydrogen) atoms. The van der Waals surface area contributed by atoms with Crippen molar-refractivity contribution < 1.29 is 22.7 Å². The van der Waals surface area contributed by atoms with Crippen LogP contribution in [0, 0.1) is 25.2 Å². The van der Waals surface area contributed by atoms with E-state index in [2.05, 4.69) is 5.92 Å². The van der Waals surface area contributed by atoms with Crippen LogP contribution in [-0.2, 0) is 26.1 Å². The molecule has 0 N–H and O–H groups in total. The molecular weight excluding hydrogens is 452 g/mol. The molecule has 1 aliphatic heterocycles. The van der Waals surface area contributed by atoms with Crippen molar-refractivity contribution in [2.75, 3.05) is 26.2 Å². The van der Waals surface area contributed by atoms with E-state index in [1.165, 1.54) is 28.6 Å². The lowest BCUT2D eigenvalue weighted by Crippen LogP contribution is -2.44. The van der Waals surface area contributed by atoms with E-state index in [0.29, 0.717) is 24.9 Å². The van der Waals surface area contributed by atoms with E-state index in [1.807, 2.05) is 31.2 Å². The summed E-state index contributed by atoms with van der Waals surface area (Å²) in [6.45, 7) is 5.08. The largest absolute Gasteiger partial charge is 0.462 e. The number of amides is 1. The van der Waals surface area contributed by atoms with Gasteiger partial charge in [0, 0.05) is 25.6 Å². The zero-order valence-electron chi connectivity index (χ0n) is 19.6. The van der Waals surface area contributed by atoms with Gasteiger partial charge in [0.2, 0.25) is 15.9 Å². The van der Waals surface area contributed by atoms with E-state index in [0.717, 1.165) is 11.1 Å². The molecule has 0 aromatic heterocycles. The van der Waals surface area contributed by atoms with Crippen LogP contribution in [0.3, 0.4) is 0 Å². The van der Waals surface area contributed by atoms with Crippen molar-refractivity contribution in [2.24, 2.45) is 5.92 Å². The van der Waals surface area contributed by atoms with Crippen molar-refractivity contribution in [3.05, 3.63) is 65.2 Å². The maximum absolute atomic E-state index is 13.2. The monoisotopic (exact) mass is 482 g/mol. The Bertz CT molecular complexity index is 1140. The number of hydrogen-bond donors (Lipinski definition) is 0. The Balaban J connectivity index is 1.63. The molecule has 1 fully saturated rings. The highest BCUT2D eigenvalue weighted by atomic mass is 32.2. The summed E-state index contributed by atoms with van der Waals surface area (Å²) in [5.41, 5.74) is 2.44. The van der Waals surface area contributed by atoms with Gasteiger partial charge in [0.1, 0.15) is 0 Å². The number of rotatable bonds is 8. The van der Waals surface area contributed by atoms with Gasteiger partial charge in [-0.1, -0.05) is 35.7 Å².